The number of hydrogen-bond donors (Lipinski definition) is 10. The molecule has 0 radical (unpaired) electrons. The van der Waals surface area contributed by atoms with Crippen LogP contribution >= 0.6 is 0 Å². The second-order valence-electron chi connectivity index (χ2n) is 13.7. The summed E-state index contributed by atoms with van der Waals surface area (Å²) in [4.78, 5) is 126. The largest absolute Gasteiger partial charge is 0.481 e. The average molecular weight is 785 g/mol. The highest BCUT2D eigenvalue weighted by Gasteiger charge is 2.38. The molecule has 2 aliphatic rings. The summed E-state index contributed by atoms with van der Waals surface area (Å²) in [6.07, 6.45) is -0.185. The molecule has 6 atom stereocenters. The third-order valence-electron chi connectivity index (χ3n) is 8.97. The first kappa shape index (κ1) is 45.8. The van der Waals surface area contributed by atoms with E-state index in [9.17, 15) is 58.2 Å². The minimum absolute atomic E-state index is 0.0807. The Labute approximate surface area is 316 Å². The summed E-state index contributed by atoms with van der Waals surface area (Å²) in [5.74, 6) is -9.52. The van der Waals surface area contributed by atoms with Crippen LogP contribution in [0.4, 0.5) is 0 Å². The van der Waals surface area contributed by atoms with Crippen LogP contribution in [0.25, 0.3) is 0 Å². The highest BCUT2D eigenvalue weighted by molar-refractivity contribution is 5.96. The van der Waals surface area contributed by atoms with Crippen molar-refractivity contribution in [3.63, 3.8) is 0 Å². The maximum Gasteiger partial charge on any atom is 0.326 e. The van der Waals surface area contributed by atoms with Crippen molar-refractivity contribution >= 4 is 59.3 Å². The minimum Gasteiger partial charge on any atom is -0.481 e. The van der Waals surface area contributed by atoms with Crippen LogP contribution in [-0.4, -0.2) is 159 Å². The molecule has 55 heavy (non-hydrogen) atoms. The minimum atomic E-state index is -1.52. The molecule has 0 spiro atoms. The van der Waals surface area contributed by atoms with Gasteiger partial charge in [-0.25, -0.2) is 4.79 Å². The van der Waals surface area contributed by atoms with Crippen LogP contribution in [0, 0.1) is 5.92 Å². The zero-order valence-corrected chi connectivity index (χ0v) is 30.8. The van der Waals surface area contributed by atoms with E-state index in [2.05, 4.69) is 26.6 Å². The highest BCUT2D eigenvalue weighted by Crippen LogP contribution is 2.20. The quantitative estimate of drug-likeness (QED) is 0.0498. The van der Waals surface area contributed by atoms with Gasteiger partial charge in [-0.15, -0.1) is 0 Å². The Morgan fingerprint density at radius 3 is 1.71 bits per heavy atom. The van der Waals surface area contributed by atoms with E-state index >= 15 is 0 Å². The number of carboxylic acid groups (broad SMARTS) is 3. The molecule has 0 aromatic heterocycles. The monoisotopic (exact) mass is 784 g/mol. The van der Waals surface area contributed by atoms with E-state index < -0.39 is 141 Å². The maximum atomic E-state index is 13.0. The van der Waals surface area contributed by atoms with Gasteiger partial charge in [-0.3, -0.25) is 43.2 Å². The zero-order valence-electron chi connectivity index (χ0n) is 30.8. The zero-order chi connectivity index (χ0) is 41.4. The van der Waals surface area contributed by atoms with Gasteiger partial charge in [0.05, 0.1) is 25.7 Å². The molecule has 2 saturated heterocycles. The summed E-state index contributed by atoms with van der Waals surface area (Å²) in [6, 6.07) is -7.39. The summed E-state index contributed by atoms with van der Waals surface area (Å²) in [5, 5.41) is 48.5. The molecule has 0 unspecified atom stereocenters. The topological polar surface area (TPSA) is 344 Å². The van der Waals surface area contributed by atoms with Crippen molar-refractivity contribution < 1.29 is 68.4 Å². The highest BCUT2D eigenvalue weighted by atomic mass is 16.4. The van der Waals surface area contributed by atoms with Crippen molar-refractivity contribution in [2.45, 2.75) is 108 Å². The number of carbonyl (C=O) groups excluding carboxylic acids is 7. The molecule has 22 nitrogen and oxygen atoms in total. The lowest BCUT2D eigenvalue weighted by Crippen LogP contribution is -2.57. The Hall–Kier alpha value is -5.38. The fourth-order valence-electron chi connectivity index (χ4n) is 6.18. The molecular weight excluding hydrogens is 732 g/mol. The van der Waals surface area contributed by atoms with Crippen molar-refractivity contribution in [2.75, 3.05) is 32.8 Å². The molecule has 7 amide bonds. The second-order valence-corrected chi connectivity index (χ2v) is 13.7. The summed E-state index contributed by atoms with van der Waals surface area (Å²) in [6.45, 7) is 1.84. The molecule has 22 heteroatoms. The van der Waals surface area contributed by atoms with Crippen LogP contribution in [0.1, 0.15) is 71.6 Å². The molecular formula is C33H52N8O14. The first-order valence-electron chi connectivity index (χ1n) is 17.9. The van der Waals surface area contributed by atoms with Crippen LogP contribution in [0.3, 0.4) is 0 Å². The van der Waals surface area contributed by atoms with E-state index in [4.69, 9.17) is 15.9 Å². The van der Waals surface area contributed by atoms with Gasteiger partial charge in [0, 0.05) is 25.9 Å². The summed E-state index contributed by atoms with van der Waals surface area (Å²) in [5.41, 5.74) is 6.02. The SMILES string of the molecule is CC(C)C[C@H](N)C(=O)N1CCC[C@H]1C(=O)N[C@@H](CO)C(=O)NCC(=O)N[C@@H](CCC(=O)O)C(=O)NCC(=O)N1CCC[C@H]1C(=O)N[C@@H](CCC(=O)O)C(=O)O. The number of nitrogens with one attached hydrogen (secondary N) is 5. The van der Waals surface area contributed by atoms with E-state index in [1.807, 2.05) is 13.8 Å². The molecule has 0 aliphatic carbocycles. The number of hydrogen-bond acceptors (Lipinski definition) is 12. The molecule has 0 bridgehead atoms. The smallest absolute Gasteiger partial charge is 0.326 e. The van der Waals surface area contributed by atoms with Crippen molar-refractivity contribution in [3.05, 3.63) is 0 Å². The van der Waals surface area contributed by atoms with Crippen molar-refractivity contribution in [2.24, 2.45) is 11.7 Å². The number of carboxylic acids is 3. The lowest BCUT2D eigenvalue weighted by atomic mass is 10.0. The number of aliphatic hydroxyl groups excluding tert-OH is 1. The summed E-state index contributed by atoms with van der Waals surface area (Å²) < 4.78 is 0. The average Bonchev–Trinajstić information content (AvgIpc) is 3.82. The lowest BCUT2D eigenvalue weighted by molar-refractivity contribution is -0.145. The van der Waals surface area contributed by atoms with E-state index in [0.29, 0.717) is 25.7 Å². The molecule has 0 aromatic rings. The van der Waals surface area contributed by atoms with Gasteiger partial charge in [0.25, 0.3) is 0 Å². The Kier molecular flexibility index (Phi) is 18.4. The normalized spacial score (nSPS) is 18.7. The van der Waals surface area contributed by atoms with Crippen LogP contribution in [0.5, 0.6) is 0 Å². The fourth-order valence-corrected chi connectivity index (χ4v) is 6.18. The predicted molar refractivity (Wildman–Crippen MR) is 187 cm³/mol. The summed E-state index contributed by atoms with van der Waals surface area (Å²) in [7, 11) is 0. The van der Waals surface area contributed by atoms with Crippen LogP contribution in [-0.2, 0) is 47.9 Å². The van der Waals surface area contributed by atoms with Gasteiger partial charge in [0.1, 0.15) is 30.2 Å². The van der Waals surface area contributed by atoms with Crippen LogP contribution in [0.15, 0.2) is 0 Å². The fraction of sp³-hybridized carbons (Fsp3) is 0.697. The number of rotatable bonds is 22. The van der Waals surface area contributed by atoms with Gasteiger partial charge in [-0.2, -0.15) is 0 Å². The number of aliphatic carboxylic acids is 3. The number of carbonyl (C=O) groups is 10. The molecule has 0 aromatic carbocycles. The number of nitrogens with zero attached hydrogens (tertiary/aromatic N) is 2. The molecule has 2 heterocycles. The Bertz CT molecular complexity index is 1460. The van der Waals surface area contributed by atoms with E-state index in [1.165, 1.54) is 4.90 Å². The van der Waals surface area contributed by atoms with Gasteiger partial charge in [0.15, 0.2) is 0 Å². The second kappa shape index (κ2) is 22.1. The maximum absolute atomic E-state index is 13.0. The van der Waals surface area contributed by atoms with Crippen molar-refractivity contribution in [1.82, 2.24) is 36.4 Å². The molecule has 2 fully saturated rings. The Morgan fingerprint density at radius 1 is 0.691 bits per heavy atom. The van der Waals surface area contributed by atoms with Crippen LogP contribution in [0.2, 0.25) is 0 Å². The first-order valence-corrected chi connectivity index (χ1v) is 17.9. The van der Waals surface area contributed by atoms with Gasteiger partial charge in [0.2, 0.25) is 41.4 Å². The van der Waals surface area contributed by atoms with Gasteiger partial charge in [-0.05, 0) is 50.9 Å². The molecule has 2 rings (SSSR count). The molecule has 308 valence electrons. The van der Waals surface area contributed by atoms with Gasteiger partial charge >= 0.3 is 17.9 Å². The van der Waals surface area contributed by atoms with Crippen molar-refractivity contribution in [3.8, 4) is 0 Å². The lowest BCUT2D eigenvalue weighted by Gasteiger charge is -2.28. The van der Waals surface area contributed by atoms with Crippen molar-refractivity contribution in [1.29, 1.82) is 0 Å². The summed E-state index contributed by atoms with van der Waals surface area (Å²) >= 11 is 0. The number of amides is 7. The third-order valence-corrected chi connectivity index (χ3v) is 8.97. The number of likely N-dealkylation sites (tertiary alicyclic amines) is 2. The van der Waals surface area contributed by atoms with Gasteiger partial charge < -0.3 is 62.5 Å². The van der Waals surface area contributed by atoms with Crippen LogP contribution < -0.4 is 32.3 Å². The standard InChI is InChI=1S/C33H52N8O14/c1-17(2)13-18(34)32(53)41-12-4-6-23(41)31(52)39-21(16-42)29(50)35-14-24(43)37-19(7-9-26(45)46)28(49)36-15-25(44)40-11-3-5-22(40)30(51)38-20(33(54)55)8-10-27(47)48/h17-23,42H,3-16,34H2,1-2H3,(H,35,50)(H,36,49)(H,37,43)(H,38,51)(H,39,52)(H,45,46)(H,47,48)(H,54,55)/t18-,19-,20-,21-,22-,23-/m0/s1. The molecule has 0 saturated carbocycles. The first-order chi connectivity index (χ1) is 25.9. The van der Waals surface area contributed by atoms with E-state index in [0.717, 1.165) is 4.90 Å². The number of aliphatic hydroxyl groups is 1. The third kappa shape index (κ3) is 14.8. The predicted octanol–water partition coefficient (Wildman–Crippen LogP) is -4.16. The molecule has 2 aliphatic heterocycles. The van der Waals surface area contributed by atoms with E-state index in [1.54, 1.807) is 0 Å². The Balaban J connectivity index is 1.96. The molecule has 11 N–H and O–H groups in total. The van der Waals surface area contributed by atoms with E-state index in [-0.39, 0.29) is 25.4 Å². The number of nitrogens with two attached hydrogens (primary N) is 1. The Morgan fingerprint density at radius 2 is 1.18 bits per heavy atom. The van der Waals surface area contributed by atoms with Gasteiger partial charge in [-0.1, -0.05) is 13.8 Å².